The summed E-state index contributed by atoms with van der Waals surface area (Å²) in [5, 5.41) is 1.37. The third-order valence-corrected chi connectivity index (χ3v) is 5.68. The largest absolute Gasteiger partial charge is 0.453 e. The standard InChI is InChI=1S/C28H22N2O2/c1-3-30(4-2)21-13-15-24-26(17-21)32-27-18-25(31)23-16-20(12-14-22(23)28(27)29-24)11-10-19-8-6-5-7-9-19/h5-9,12-18H,3-4H2,1-2H3. The molecule has 4 heteroatoms. The van der Waals surface area contributed by atoms with Gasteiger partial charge in [0.15, 0.2) is 16.8 Å². The van der Waals surface area contributed by atoms with Crippen LogP contribution in [-0.2, 0) is 0 Å². The molecule has 0 amide bonds. The Bertz CT molecular complexity index is 1520. The second-order valence-electron chi connectivity index (χ2n) is 7.64. The lowest BCUT2D eigenvalue weighted by molar-refractivity contribution is 0.613. The molecule has 1 aliphatic carbocycles. The maximum absolute atomic E-state index is 12.9. The van der Waals surface area contributed by atoms with E-state index in [0.29, 0.717) is 22.4 Å². The van der Waals surface area contributed by atoms with E-state index in [0.717, 1.165) is 40.8 Å². The summed E-state index contributed by atoms with van der Waals surface area (Å²) in [5.74, 6) is 6.78. The van der Waals surface area contributed by atoms with Crippen LogP contribution in [0.25, 0.3) is 33.3 Å². The minimum atomic E-state index is -0.0966. The number of hydrogen-bond acceptors (Lipinski definition) is 4. The highest BCUT2D eigenvalue weighted by molar-refractivity contribution is 5.97. The van der Waals surface area contributed by atoms with Gasteiger partial charge in [-0.15, -0.1) is 0 Å². The van der Waals surface area contributed by atoms with Gasteiger partial charge in [0.05, 0.1) is 0 Å². The van der Waals surface area contributed by atoms with Crippen molar-refractivity contribution < 1.29 is 4.42 Å². The summed E-state index contributed by atoms with van der Waals surface area (Å²) in [5.41, 5.74) is 4.83. The van der Waals surface area contributed by atoms with Gasteiger partial charge >= 0.3 is 0 Å². The summed E-state index contributed by atoms with van der Waals surface area (Å²) in [6.45, 7) is 6.07. The minimum absolute atomic E-state index is 0.0966. The van der Waals surface area contributed by atoms with Crippen LogP contribution in [-0.4, -0.2) is 18.1 Å². The molecule has 156 valence electrons. The molecule has 3 aromatic rings. The van der Waals surface area contributed by atoms with Crippen molar-refractivity contribution in [3.8, 4) is 23.3 Å². The molecule has 0 fully saturated rings. The van der Waals surface area contributed by atoms with E-state index in [9.17, 15) is 4.79 Å². The van der Waals surface area contributed by atoms with Gasteiger partial charge in [0.25, 0.3) is 0 Å². The summed E-state index contributed by atoms with van der Waals surface area (Å²) in [6, 6.07) is 23.0. The van der Waals surface area contributed by atoms with E-state index in [-0.39, 0.29) is 5.43 Å². The lowest BCUT2D eigenvalue weighted by atomic mass is 10.0. The smallest absolute Gasteiger partial charge is 0.190 e. The summed E-state index contributed by atoms with van der Waals surface area (Å²) >= 11 is 0. The number of benzene rings is 4. The van der Waals surface area contributed by atoms with Gasteiger partial charge in [0.1, 0.15) is 11.2 Å². The number of aromatic nitrogens is 1. The molecular weight excluding hydrogens is 396 g/mol. The Kier molecular flexibility index (Phi) is 5.09. The van der Waals surface area contributed by atoms with Gasteiger partial charge in [-0.25, -0.2) is 4.98 Å². The van der Waals surface area contributed by atoms with Gasteiger partial charge in [-0.2, -0.15) is 0 Å². The van der Waals surface area contributed by atoms with E-state index >= 15 is 0 Å². The van der Waals surface area contributed by atoms with Crippen LogP contribution in [0.1, 0.15) is 25.0 Å². The van der Waals surface area contributed by atoms with Crippen LogP contribution in [0.4, 0.5) is 5.69 Å². The maximum Gasteiger partial charge on any atom is 0.190 e. The maximum atomic E-state index is 12.9. The molecule has 0 spiro atoms. The van der Waals surface area contributed by atoms with E-state index in [2.05, 4.69) is 36.7 Å². The van der Waals surface area contributed by atoms with Gasteiger partial charge in [-0.05, 0) is 50.2 Å². The van der Waals surface area contributed by atoms with Crippen molar-refractivity contribution in [1.29, 1.82) is 0 Å². The average Bonchev–Trinajstić information content (AvgIpc) is 2.83. The summed E-state index contributed by atoms with van der Waals surface area (Å²) < 4.78 is 6.13. The first-order valence-corrected chi connectivity index (χ1v) is 10.8. The molecule has 3 aromatic carbocycles. The van der Waals surface area contributed by atoms with Crippen molar-refractivity contribution in [3.05, 3.63) is 94.1 Å². The zero-order valence-corrected chi connectivity index (χ0v) is 18.1. The monoisotopic (exact) mass is 418 g/mol. The van der Waals surface area contributed by atoms with Gasteiger partial charge < -0.3 is 9.32 Å². The van der Waals surface area contributed by atoms with Crippen LogP contribution in [0.2, 0.25) is 0 Å². The predicted octanol–water partition coefficient (Wildman–Crippen LogP) is 5.69. The number of nitrogens with zero attached hydrogens (tertiary/aromatic N) is 2. The van der Waals surface area contributed by atoms with E-state index < -0.39 is 0 Å². The van der Waals surface area contributed by atoms with E-state index in [1.807, 2.05) is 60.7 Å². The number of hydrogen-bond donors (Lipinski definition) is 0. The quantitative estimate of drug-likeness (QED) is 0.214. The van der Waals surface area contributed by atoms with Gasteiger partial charge in [-0.1, -0.05) is 36.1 Å². The van der Waals surface area contributed by atoms with E-state index in [4.69, 9.17) is 9.40 Å². The Morgan fingerprint density at radius 2 is 1.62 bits per heavy atom. The second-order valence-corrected chi connectivity index (χ2v) is 7.64. The van der Waals surface area contributed by atoms with E-state index in [1.54, 1.807) is 0 Å². The highest BCUT2D eigenvalue weighted by atomic mass is 16.3. The van der Waals surface area contributed by atoms with Crippen LogP contribution in [0.15, 0.2) is 82.0 Å². The Hall–Kier alpha value is -4.10. The minimum Gasteiger partial charge on any atom is -0.453 e. The highest BCUT2D eigenvalue weighted by Crippen LogP contribution is 2.32. The topological polar surface area (TPSA) is 46.3 Å². The molecule has 2 aliphatic rings. The predicted molar refractivity (Wildman–Crippen MR) is 130 cm³/mol. The van der Waals surface area contributed by atoms with Crippen molar-refractivity contribution in [2.75, 3.05) is 18.0 Å². The van der Waals surface area contributed by atoms with Gasteiger partial charge in [0.2, 0.25) is 0 Å². The molecule has 0 saturated heterocycles. The molecule has 1 heterocycles. The van der Waals surface area contributed by atoms with Crippen LogP contribution in [0, 0.1) is 11.8 Å². The molecule has 0 aromatic heterocycles. The van der Waals surface area contributed by atoms with Crippen molar-refractivity contribution in [2.24, 2.45) is 0 Å². The van der Waals surface area contributed by atoms with Crippen molar-refractivity contribution in [2.45, 2.75) is 13.8 Å². The van der Waals surface area contributed by atoms with Crippen molar-refractivity contribution in [1.82, 2.24) is 4.98 Å². The Morgan fingerprint density at radius 3 is 2.41 bits per heavy atom. The molecule has 0 bridgehead atoms. The highest BCUT2D eigenvalue weighted by Gasteiger charge is 2.16. The first-order chi connectivity index (χ1) is 15.7. The van der Waals surface area contributed by atoms with Gasteiger partial charge in [-0.3, -0.25) is 4.79 Å². The fraction of sp³-hybridized carbons (Fsp3) is 0.143. The SMILES string of the molecule is CCN(CC)c1ccc2nc3c4ccc(C#Cc5ccccc5)cc4c(=O)cc-3oc2c1. The zero-order chi connectivity index (χ0) is 22.1. The molecule has 4 nitrogen and oxygen atoms in total. The third-order valence-electron chi connectivity index (χ3n) is 5.68. The summed E-state index contributed by atoms with van der Waals surface area (Å²) in [4.78, 5) is 20.0. The first-order valence-electron chi connectivity index (χ1n) is 10.8. The van der Waals surface area contributed by atoms with Crippen molar-refractivity contribution >= 4 is 27.6 Å². The molecular formula is C28H22N2O2. The fourth-order valence-corrected chi connectivity index (χ4v) is 3.99. The first kappa shape index (κ1) is 19.8. The Balaban J connectivity index is 1.64. The van der Waals surface area contributed by atoms with Crippen LogP contribution < -0.4 is 10.3 Å². The van der Waals surface area contributed by atoms with Crippen molar-refractivity contribution in [3.63, 3.8) is 0 Å². The summed E-state index contributed by atoms with van der Waals surface area (Å²) in [7, 11) is 0. The van der Waals surface area contributed by atoms with E-state index in [1.165, 1.54) is 6.07 Å². The molecule has 0 unspecified atom stereocenters. The average molecular weight is 418 g/mol. The normalized spacial score (nSPS) is 10.9. The third kappa shape index (κ3) is 3.59. The van der Waals surface area contributed by atoms with Crippen LogP contribution >= 0.6 is 0 Å². The summed E-state index contributed by atoms with van der Waals surface area (Å²) in [6.07, 6.45) is 0. The lowest BCUT2D eigenvalue weighted by Gasteiger charge is -2.21. The number of fused-ring (bicyclic) bond motifs is 4. The number of anilines is 1. The Morgan fingerprint density at radius 1 is 0.844 bits per heavy atom. The molecule has 0 N–H and O–H groups in total. The second kappa shape index (κ2) is 8.20. The zero-order valence-electron chi connectivity index (χ0n) is 18.1. The Labute approximate surface area is 186 Å². The molecule has 0 saturated carbocycles. The van der Waals surface area contributed by atoms with Gasteiger partial charge in [0, 0.05) is 52.8 Å². The molecule has 5 rings (SSSR count). The lowest BCUT2D eigenvalue weighted by Crippen LogP contribution is -2.21. The molecule has 0 atom stereocenters. The van der Waals surface area contributed by atoms with Crippen LogP contribution in [0.5, 0.6) is 0 Å². The number of rotatable bonds is 3. The fourth-order valence-electron chi connectivity index (χ4n) is 3.99. The molecule has 32 heavy (non-hydrogen) atoms. The molecule has 1 aliphatic heterocycles. The van der Waals surface area contributed by atoms with Crippen LogP contribution in [0.3, 0.4) is 0 Å². The molecule has 0 radical (unpaired) electrons.